The Kier molecular flexibility index (Phi) is 3.06. The molecule has 2 N–H and O–H groups in total. The van der Waals surface area contributed by atoms with Crippen LogP contribution < -0.4 is 0 Å². The SMILES string of the molecule is O=C(O)c1nc(-c2ccc(Br)c([N+](=O)[O-])c2)n[nH]1. The number of aromatic carboxylic acids is 1. The summed E-state index contributed by atoms with van der Waals surface area (Å²) in [5.41, 5.74) is 0.211. The average Bonchev–Trinajstić information content (AvgIpc) is 2.78. The number of nitrogens with zero attached hydrogens (tertiary/aromatic N) is 3. The van der Waals surface area contributed by atoms with Crippen LogP contribution in [0.4, 0.5) is 5.69 Å². The molecule has 0 aliphatic rings. The fourth-order valence-corrected chi connectivity index (χ4v) is 1.67. The number of halogens is 1. The van der Waals surface area contributed by atoms with Crippen LogP contribution in [-0.4, -0.2) is 31.2 Å². The smallest absolute Gasteiger partial charge is 0.373 e. The molecule has 0 aliphatic heterocycles. The Balaban J connectivity index is 2.47. The van der Waals surface area contributed by atoms with Gasteiger partial charge in [-0.3, -0.25) is 15.2 Å². The second kappa shape index (κ2) is 4.53. The van der Waals surface area contributed by atoms with Crippen LogP contribution in [0.3, 0.4) is 0 Å². The summed E-state index contributed by atoms with van der Waals surface area (Å²) in [6.45, 7) is 0. The van der Waals surface area contributed by atoms with Crippen LogP contribution in [0.25, 0.3) is 11.4 Å². The van der Waals surface area contributed by atoms with Crippen LogP contribution in [0.15, 0.2) is 22.7 Å². The maximum Gasteiger partial charge on any atom is 0.373 e. The van der Waals surface area contributed by atoms with Crippen molar-refractivity contribution in [2.75, 3.05) is 0 Å². The lowest BCUT2D eigenvalue weighted by atomic mass is 10.2. The van der Waals surface area contributed by atoms with Gasteiger partial charge in [0.25, 0.3) is 5.69 Å². The second-order valence-corrected chi connectivity index (χ2v) is 4.09. The van der Waals surface area contributed by atoms with Gasteiger partial charge in [-0.2, -0.15) is 5.10 Å². The minimum atomic E-state index is -1.25. The third kappa shape index (κ3) is 2.20. The highest BCUT2D eigenvalue weighted by atomic mass is 79.9. The Morgan fingerprint density at radius 2 is 2.22 bits per heavy atom. The van der Waals surface area contributed by atoms with Crippen molar-refractivity contribution in [1.82, 2.24) is 15.2 Å². The van der Waals surface area contributed by atoms with Crippen LogP contribution in [0.5, 0.6) is 0 Å². The topological polar surface area (TPSA) is 122 Å². The molecule has 18 heavy (non-hydrogen) atoms. The van der Waals surface area contributed by atoms with E-state index < -0.39 is 10.9 Å². The lowest BCUT2D eigenvalue weighted by molar-refractivity contribution is -0.385. The van der Waals surface area contributed by atoms with Crippen molar-refractivity contribution in [3.8, 4) is 11.4 Å². The fraction of sp³-hybridized carbons (Fsp3) is 0. The van der Waals surface area contributed by atoms with Crippen molar-refractivity contribution in [1.29, 1.82) is 0 Å². The summed E-state index contributed by atoms with van der Waals surface area (Å²) in [6.07, 6.45) is 0. The van der Waals surface area contributed by atoms with Crippen molar-refractivity contribution >= 4 is 27.6 Å². The number of carboxylic acids is 1. The molecule has 0 amide bonds. The molecule has 0 saturated carbocycles. The van der Waals surface area contributed by atoms with Gasteiger partial charge in [-0.05, 0) is 28.1 Å². The van der Waals surface area contributed by atoms with Crippen molar-refractivity contribution in [2.45, 2.75) is 0 Å². The number of hydrogen-bond acceptors (Lipinski definition) is 5. The minimum absolute atomic E-state index is 0.0861. The van der Waals surface area contributed by atoms with Crippen LogP contribution in [0.1, 0.15) is 10.6 Å². The quantitative estimate of drug-likeness (QED) is 0.658. The van der Waals surface area contributed by atoms with Gasteiger partial charge in [0.1, 0.15) is 0 Å². The van der Waals surface area contributed by atoms with Crippen molar-refractivity contribution in [3.63, 3.8) is 0 Å². The number of carbonyl (C=O) groups is 1. The van der Waals surface area contributed by atoms with E-state index in [1.54, 1.807) is 6.07 Å². The third-order valence-corrected chi connectivity index (χ3v) is 2.76. The number of aromatic amines is 1. The number of H-pyrrole nitrogens is 1. The first-order valence-electron chi connectivity index (χ1n) is 4.59. The summed E-state index contributed by atoms with van der Waals surface area (Å²) in [4.78, 5) is 24.5. The molecule has 92 valence electrons. The van der Waals surface area contributed by atoms with E-state index >= 15 is 0 Å². The highest BCUT2D eigenvalue weighted by molar-refractivity contribution is 9.10. The van der Waals surface area contributed by atoms with Gasteiger partial charge in [0.05, 0.1) is 9.40 Å². The van der Waals surface area contributed by atoms with Crippen molar-refractivity contribution < 1.29 is 14.8 Å². The molecule has 2 rings (SSSR count). The Labute approximate surface area is 108 Å². The van der Waals surface area contributed by atoms with E-state index in [-0.39, 0.29) is 17.3 Å². The molecule has 0 fully saturated rings. The van der Waals surface area contributed by atoms with E-state index in [1.165, 1.54) is 12.1 Å². The molecule has 0 unspecified atom stereocenters. The number of nitro benzene ring substituents is 1. The zero-order chi connectivity index (χ0) is 13.3. The maximum absolute atomic E-state index is 10.8. The molecule has 0 bridgehead atoms. The van der Waals surface area contributed by atoms with Gasteiger partial charge < -0.3 is 5.11 Å². The average molecular weight is 313 g/mol. The van der Waals surface area contributed by atoms with Crippen molar-refractivity contribution in [2.24, 2.45) is 0 Å². The van der Waals surface area contributed by atoms with Gasteiger partial charge in [0.15, 0.2) is 5.82 Å². The monoisotopic (exact) mass is 312 g/mol. The third-order valence-electron chi connectivity index (χ3n) is 2.09. The van der Waals surface area contributed by atoms with Gasteiger partial charge in [-0.15, -0.1) is 0 Å². The molecule has 2 aromatic rings. The molecule has 0 atom stereocenters. The highest BCUT2D eigenvalue weighted by Crippen LogP contribution is 2.29. The number of aromatic nitrogens is 3. The lowest BCUT2D eigenvalue weighted by Crippen LogP contribution is -1.98. The molecule has 1 aromatic heterocycles. The zero-order valence-electron chi connectivity index (χ0n) is 8.62. The van der Waals surface area contributed by atoms with E-state index in [9.17, 15) is 14.9 Å². The van der Waals surface area contributed by atoms with E-state index in [0.717, 1.165) is 0 Å². The number of hydrogen-bond donors (Lipinski definition) is 2. The number of nitro groups is 1. The number of carboxylic acid groups (broad SMARTS) is 1. The summed E-state index contributed by atoms with van der Waals surface area (Å²) >= 11 is 3.05. The normalized spacial score (nSPS) is 10.3. The lowest BCUT2D eigenvalue weighted by Gasteiger charge is -1.97. The van der Waals surface area contributed by atoms with E-state index in [0.29, 0.717) is 10.0 Å². The maximum atomic E-state index is 10.8. The first kappa shape index (κ1) is 12.2. The summed E-state index contributed by atoms with van der Waals surface area (Å²) in [5.74, 6) is -1.49. The standard InChI is InChI=1S/C9H5BrN4O4/c10-5-2-1-4(3-6(5)14(17)18)7-11-8(9(15)16)13-12-7/h1-3H,(H,15,16)(H,11,12,13). The molecule has 1 aromatic carbocycles. The molecule has 0 spiro atoms. The number of nitrogens with one attached hydrogen (secondary N) is 1. The van der Waals surface area contributed by atoms with E-state index in [4.69, 9.17) is 5.11 Å². The Morgan fingerprint density at radius 3 is 2.78 bits per heavy atom. The summed E-state index contributed by atoms with van der Waals surface area (Å²) in [7, 11) is 0. The molecule has 0 saturated heterocycles. The minimum Gasteiger partial charge on any atom is -0.475 e. The molecule has 0 radical (unpaired) electrons. The van der Waals surface area contributed by atoms with Crippen LogP contribution in [0, 0.1) is 10.1 Å². The summed E-state index contributed by atoms with van der Waals surface area (Å²) in [6, 6.07) is 4.29. The largest absolute Gasteiger partial charge is 0.475 e. The summed E-state index contributed by atoms with van der Waals surface area (Å²) < 4.78 is 0.324. The van der Waals surface area contributed by atoms with Gasteiger partial charge in [0.2, 0.25) is 5.82 Å². The number of rotatable bonds is 3. The van der Waals surface area contributed by atoms with Gasteiger partial charge in [-0.1, -0.05) is 0 Å². The zero-order valence-corrected chi connectivity index (χ0v) is 10.2. The number of benzene rings is 1. The molecule has 0 aliphatic carbocycles. The first-order chi connectivity index (χ1) is 8.49. The molecule has 9 heteroatoms. The second-order valence-electron chi connectivity index (χ2n) is 3.24. The summed E-state index contributed by atoms with van der Waals surface area (Å²) in [5, 5.41) is 25.3. The van der Waals surface area contributed by atoms with E-state index in [1.807, 2.05) is 0 Å². The predicted octanol–water partition coefficient (Wildman–Crippen LogP) is 1.84. The fourth-order valence-electron chi connectivity index (χ4n) is 1.28. The molecule has 8 nitrogen and oxygen atoms in total. The van der Waals surface area contributed by atoms with Crippen LogP contribution in [-0.2, 0) is 0 Å². The Hall–Kier alpha value is -2.29. The highest BCUT2D eigenvalue weighted by Gasteiger charge is 2.16. The predicted molar refractivity (Wildman–Crippen MR) is 63.1 cm³/mol. The molecular weight excluding hydrogens is 308 g/mol. The van der Waals surface area contributed by atoms with Gasteiger partial charge in [0, 0.05) is 11.6 Å². The van der Waals surface area contributed by atoms with Crippen LogP contribution in [0.2, 0.25) is 0 Å². The Bertz CT molecular complexity index is 639. The molecular formula is C9H5BrN4O4. The van der Waals surface area contributed by atoms with Crippen molar-refractivity contribution in [3.05, 3.63) is 38.6 Å². The Morgan fingerprint density at radius 1 is 1.50 bits per heavy atom. The first-order valence-corrected chi connectivity index (χ1v) is 5.38. The van der Waals surface area contributed by atoms with Gasteiger partial charge >= 0.3 is 5.97 Å². The van der Waals surface area contributed by atoms with Crippen LogP contribution >= 0.6 is 15.9 Å². The van der Waals surface area contributed by atoms with Gasteiger partial charge in [-0.25, -0.2) is 9.78 Å². The molecule has 1 heterocycles. The van der Waals surface area contributed by atoms with E-state index in [2.05, 4.69) is 31.1 Å².